The number of carbonyl (C=O) groups excluding carboxylic acids is 3. The summed E-state index contributed by atoms with van der Waals surface area (Å²) < 4.78 is 20.7. The molecule has 9 heteroatoms. The van der Waals surface area contributed by atoms with Crippen LogP contribution in [0.25, 0.3) is 6.08 Å². The van der Waals surface area contributed by atoms with Crippen molar-refractivity contribution >= 4 is 35.7 Å². The standard InChI is InChI=1S/C20H21NO7S/c1-25-20(24)12-18-21(17(22)13-29-18)7-2-8-28-19(23)6-4-14-3-5-15-16(11-14)27-10-9-26-15/h3-6,11-12H,2,7-10,13H2,1H3/b6-4+,18-12+. The van der Waals surface area contributed by atoms with Gasteiger partial charge in [0.15, 0.2) is 11.5 Å². The molecule has 154 valence electrons. The molecule has 0 bridgehead atoms. The molecule has 1 fully saturated rings. The van der Waals surface area contributed by atoms with Gasteiger partial charge in [-0.05, 0) is 30.2 Å². The van der Waals surface area contributed by atoms with E-state index in [1.165, 1.54) is 35.9 Å². The summed E-state index contributed by atoms with van der Waals surface area (Å²) in [6, 6.07) is 5.41. The summed E-state index contributed by atoms with van der Waals surface area (Å²) in [6.07, 6.45) is 4.72. The Morgan fingerprint density at radius 1 is 1.21 bits per heavy atom. The normalized spacial score (nSPS) is 17.1. The Balaban J connectivity index is 1.44. The van der Waals surface area contributed by atoms with E-state index in [0.717, 1.165) is 5.56 Å². The minimum absolute atomic E-state index is 0.0880. The minimum Gasteiger partial charge on any atom is -0.486 e. The van der Waals surface area contributed by atoms with Crippen molar-refractivity contribution in [3.8, 4) is 11.5 Å². The van der Waals surface area contributed by atoms with Crippen LogP contribution in [0, 0.1) is 0 Å². The molecule has 0 spiro atoms. The Bertz CT molecular complexity index is 849. The molecule has 1 amide bonds. The Hall–Kier alpha value is -2.94. The van der Waals surface area contributed by atoms with Crippen molar-refractivity contribution in [3.05, 3.63) is 40.9 Å². The maximum absolute atomic E-state index is 11.9. The van der Waals surface area contributed by atoms with E-state index in [0.29, 0.717) is 42.7 Å². The molecule has 1 saturated heterocycles. The zero-order chi connectivity index (χ0) is 20.6. The second-order valence-corrected chi connectivity index (χ2v) is 7.09. The van der Waals surface area contributed by atoms with Crippen LogP contribution in [0.3, 0.4) is 0 Å². The van der Waals surface area contributed by atoms with Crippen LogP contribution < -0.4 is 9.47 Å². The highest BCUT2D eigenvalue weighted by molar-refractivity contribution is 8.04. The highest BCUT2D eigenvalue weighted by Gasteiger charge is 2.26. The number of ether oxygens (including phenoxy) is 4. The highest BCUT2D eigenvalue weighted by Crippen LogP contribution is 2.31. The molecule has 0 unspecified atom stereocenters. The molecule has 0 N–H and O–H groups in total. The van der Waals surface area contributed by atoms with Gasteiger partial charge in [0.05, 0.1) is 30.6 Å². The van der Waals surface area contributed by atoms with E-state index < -0.39 is 11.9 Å². The largest absolute Gasteiger partial charge is 0.486 e. The number of hydrogen-bond donors (Lipinski definition) is 0. The summed E-state index contributed by atoms with van der Waals surface area (Å²) in [5.74, 6) is 0.535. The third-order valence-electron chi connectivity index (χ3n) is 4.10. The lowest BCUT2D eigenvalue weighted by atomic mass is 10.2. The summed E-state index contributed by atoms with van der Waals surface area (Å²) >= 11 is 1.28. The Morgan fingerprint density at radius 2 is 2.00 bits per heavy atom. The van der Waals surface area contributed by atoms with Crippen molar-refractivity contribution < 1.29 is 33.3 Å². The van der Waals surface area contributed by atoms with Crippen molar-refractivity contribution in [2.75, 3.05) is 39.2 Å². The summed E-state index contributed by atoms with van der Waals surface area (Å²) in [5, 5.41) is 0.548. The molecule has 0 atom stereocenters. The van der Waals surface area contributed by atoms with Crippen LogP contribution in [0.1, 0.15) is 12.0 Å². The van der Waals surface area contributed by atoms with Crippen LogP contribution in [0.5, 0.6) is 11.5 Å². The number of benzene rings is 1. The first-order chi connectivity index (χ1) is 14.1. The molecule has 3 rings (SSSR count). The van der Waals surface area contributed by atoms with Gasteiger partial charge in [0, 0.05) is 12.6 Å². The van der Waals surface area contributed by atoms with Crippen molar-refractivity contribution in [1.29, 1.82) is 0 Å². The van der Waals surface area contributed by atoms with E-state index >= 15 is 0 Å². The van der Waals surface area contributed by atoms with E-state index in [-0.39, 0.29) is 18.3 Å². The lowest BCUT2D eigenvalue weighted by Gasteiger charge is -2.18. The van der Waals surface area contributed by atoms with Gasteiger partial charge in [0.25, 0.3) is 0 Å². The van der Waals surface area contributed by atoms with Crippen molar-refractivity contribution in [3.63, 3.8) is 0 Å². The summed E-state index contributed by atoms with van der Waals surface area (Å²) in [4.78, 5) is 36.7. The van der Waals surface area contributed by atoms with E-state index in [1.807, 2.05) is 6.07 Å². The van der Waals surface area contributed by atoms with Crippen LogP contribution in [0.2, 0.25) is 0 Å². The van der Waals surface area contributed by atoms with Gasteiger partial charge in [0.1, 0.15) is 13.2 Å². The van der Waals surface area contributed by atoms with Gasteiger partial charge >= 0.3 is 11.9 Å². The summed E-state index contributed by atoms with van der Waals surface area (Å²) in [7, 11) is 1.28. The van der Waals surface area contributed by atoms with Crippen LogP contribution >= 0.6 is 11.8 Å². The zero-order valence-corrected chi connectivity index (χ0v) is 16.7. The first-order valence-corrected chi connectivity index (χ1v) is 10.0. The van der Waals surface area contributed by atoms with Crippen molar-refractivity contribution in [1.82, 2.24) is 4.90 Å². The molecule has 0 radical (unpaired) electrons. The number of methoxy groups -OCH3 is 1. The van der Waals surface area contributed by atoms with E-state index in [4.69, 9.17) is 14.2 Å². The maximum atomic E-state index is 11.9. The van der Waals surface area contributed by atoms with E-state index in [9.17, 15) is 14.4 Å². The number of rotatable bonds is 7. The Morgan fingerprint density at radius 3 is 2.79 bits per heavy atom. The van der Waals surface area contributed by atoms with Crippen LogP contribution in [-0.4, -0.2) is 62.0 Å². The first-order valence-electron chi connectivity index (χ1n) is 9.04. The summed E-state index contributed by atoms with van der Waals surface area (Å²) in [6.45, 7) is 1.53. The molecule has 1 aromatic carbocycles. The van der Waals surface area contributed by atoms with Gasteiger partial charge in [-0.2, -0.15) is 0 Å². The highest BCUT2D eigenvalue weighted by atomic mass is 32.2. The van der Waals surface area contributed by atoms with Crippen LogP contribution in [-0.2, 0) is 23.9 Å². The van der Waals surface area contributed by atoms with Crippen LogP contribution in [0.4, 0.5) is 0 Å². The number of fused-ring (bicyclic) bond motifs is 1. The average molecular weight is 419 g/mol. The SMILES string of the molecule is COC(=O)/C=C1/SCC(=O)N1CCCOC(=O)/C=C/c1ccc2c(c1)OCCO2. The van der Waals surface area contributed by atoms with Gasteiger partial charge < -0.3 is 23.8 Å². The minimum atomic E-state index is -0.511. The molecule has 1 aromatic rings. The molecule has 0 saturated carbocycles. The zero-order valence-electron chi connectivity index (χ0n) is 15.9. The first kappa shape index (κ1) is 20.8. The van der Waals surface area contributed by atoms with Gasteiger partial charge in [-0.25, -0.2) is 9.59 Å². The lowest BCUT2D eigenvalue weighted by Crippen LogP contribution is -2.27. The van der Waals surface area contributed by atoms with Gasteiger partial charge in [-0.3, -0.25) is 4.79 Å². The number of hydrogen-bond acceptors (Lipinski definition) is 8. The molecule has 29 heavy (non-hydrogen) atoms. The van der Waals surface area contributed by atoms with E-state index in [1.54, 1.807) is 18.2 Å². The molecule has 2 aliphatic heterocycles. The molecule has 2 heterocycles. The van der Waals surface area contributed by atoms with E-state index in [2.05, 4.69) is 4.74 Å². The quantitative estimate of drug-likeness (QED) is 0.377. The molecule has 0 aliphatic carbocycles. The number of nitrogens with zero attached hydrogens (tertiary/aromatic N) is 1. The number of thioether (sulfide) groups is 1. The third-order valence-corrected chi connectivity index (χ3v) is 5.13. The fourth-order valence-corrected chi connectivity index (χ4v) is 3.66. The molecule has 8 nitrogen and oxygen atoms in total. The monoisotopic (exact) mass is 419 g/mol. The predicted molar refractivity (Wildman–Crippen MR) is 106 cm³/mol. The molecule has 2 aliphatic rings. The number of carbonyl (C=O) groups is 3. The molecular formula is C20H21NO7S. The number of esters is 2. The van der Waals surface area contributed by atoms with Crippen LogP contribution in [0.15, 0.2) is 35.4 Å². The second-order valence-electron chi connectivity index (χ2n) is 6.10. The third kappa shape index (κ3) is 5.77. The fraction of sp³-hybridized carbons (Fsp3) is 0.350. The van der Waals surface area contributed by atoms with Crippen molar-refractivity contribution in [2.24, 2.45) is 0 Å². The fourth-order valence-electron chi connectivity index (χ4n) is 2.70. The molecular weight excluding hydrogens is 398 g/mol. The topological polar surface area (TPSA) is 91.4 Å². The Labute approximate surface area is 172 Å². The smallest absolute Gasteiger partial charge is 0.333 e. The summed E-state index contributed by atoms with van der Waals surface area (Å²) in [5.41, 5.74) is 0.795. The van der Waals surface area contributed by atoms with Gasteiger partial charge in [-0.1, -0.05) is 17.8 Å². The lowest BCUT2D eigenvalue weighted by molar-refractivity contribution is -0.138. The second kappa shape index (κ2) is 10.0. The molecule has 0 aromatic heterocycles. The van der Waals surface area contributed by atoms with Gasteiger partial charge in [0.2, 0.25) is 5.91 Å². The number of amides is 1. The average Bonchev–Trinajstić information content (AvgIpc) is 3.08. The van der Waals surface area contributed by atoms with Crippen molar-refractivity contribution in [2.45, 2.75) is 6.42 Å². The maximum Gasteiger partial charge on any atom is 0.333 e. The van der Waals surface area contributed by atoms with Gasteiger partial charge in [-0.15, -0.1) is 0 Å². The Kier molecular flexibility index (Phi) is 7.18. The predicted octanol–water partition coefficient (Wildman–Crippen LogP) is 1.99.